The zero-order valence-electron chi connectivity index (χ0n) is 38.3. The quantitative estimate of drug-likeness (QED) is 0.320. The molecule has 3 amide bonds. The number of likely N-dealkylation sites (N-methyl/N-ethyl adjacent to an activating group) is 1. The molecule has 2 aromatic carbocycles. The molecule has 0 spiro atoms. The van der Waals surface area contributed by atoms with E-state index in [4.69, 9.17) is 4.74 Å². The van der Waals surface area contributed by atoms with E-state index in [1.807, 2.05) is 11.9 Å². The van der Waals surface area contributed by atoms with E-state index in [1.165, 1.54) is 49.4 Å². The summed E-state index contributed by atoms with van der Waals surface area (Å²) in [5.41, 5.74) is 0.506. The van der Waals surface area contributed by atoms with E-state index in [-0.39, 0.29) is 51.6 Å². The number of alkyl halides is 3. The molecule has 0 saturated heterocycles. The Morgan fingerprint density at radius 2 is 1.54 bits per heavy atom. The van der Waals surface area contributed by atoms with Gasteiger partial charge < -0.3 is 20.3 Å². The molecular formula is C53H68F3N3O4. The Kier molecular flexibility index (Phi) is 11.1. The van der Waals surface area contributed by atoms with E-state index in [0.717, 1.165) is 62.2 Å². The van der Waals surface area contributed by atoms with Gasteiger partial charge in [0.25, 0.3) is 0 Å². The van der Waals surface area contributed by atoms with Crippen LogP contribution in [-0.4, -0.2) is 47.9 Å². The molecule has 6 saturated carbocycles. The van der Waals surface area contributed by atoms with Crippen molar-refractivity contribution in [2.45, 2.75) is 137 Å². The summed E-state index contributed by atoms with van der Waals surface area (Å²) in [5.74, 6) is 4.61. The fourth-order valence-corrected chi connectivity index (χ4v) is 15.8. The van der Waals surface area contributed by atoms with Crippen LogP contribution >= 0.6 is 0 Å². The van der Waals surface area contributed by atoms with Gasteiger partial charge >= 0.3 is 6.18 Å². The van der Waals surface area contributed by atoms with Gasteiger partial charge in [-0.1, -0.05) is 76.6 Å². The molecule has 63 heavy (non-hydrogen) atoms. The fourth-order valence-electron chi connectivity index (χ4n) is 15.8. The number of carbonyl (C=O) groups is 3. The molecule has 6 fully saturated rings. The van der Waals surface area contributed by atoms with Gasteiger partial charge in [-0.15, -0.1) is 0 Å². The van der Waals surface area contributed by atoms with Gasteiger partial charge in [-0.3, -0.25) is 14.4 Å². The Morgan fingerprint density at radius 3 is 2.29 bits per heavy atom. The maximum Gasteiger partial charge on any atom is 0.418 e. The Morgan fingerprint density at radius 1 is 0.825 bits per heavy atom. The lowest BCUT2D eigenvalue weighted by molar-refractivity contribution is -0.141. The summed E-state index contributed by atoms with van der Waals surface area (Å²) in [7, 11) is 1.90. The van der Waals surface area contributed by atoms with Crippen molar-refractivity contribution in [1.29, 1.82) is 0 Å². The van der Waals surface area contributed by atoms with E-state index in [0.29, 0.717) is 53.6 Å². The number of nitrogens with one attached hydrogen (secondary N) is 2. The minimum Gasteiger partial charge on any atom is -0.490 e. The second-order valence-electron chi connectivity index (χ2n) is 22.3. The lowest BCUT2D eigenvalue weighted by atomic mass is 9.46. The van der Waals surface area contributed by atoms with E-state index in [1.54, 1.807) is 12.2 Å². The molecule has 10 rings (SSSR count). The second-order valence-corrected chi connectivity index (χ2v) is 22.3. The van der Waals surface area contributed by atoms with Gasteiger partial charge in [0.05, 0.1) is 17.4 Å². The van der Waals surface area contributed by atoms with Crippen LogP contribution in [0.4, 0.5) is 18.9 Å². The van der Waals surface area contributed by atoms with Crippen LogP contribution < -0.4 is 15.4 Å². The number of amides is 3. The van der Waals surface area contributed by atoms with Crippen LogP contribution in [0.25, 0.3) is 0 Å². The minimum absolute atomic E-state index is 0.0679. The van der Waals surface area contributed by atoms with Crippen LogP contribution in [0.2, 0.25) is 0 Å². The van der Waals surface area contributed by atoms with E-state index < -0.39 is 11.7 Å². The highest BCUT2D eigenvalue weighted by molar-refractivity contribution is 5.94. The van der Waals surface area contributed by atoms with Gasteiger partial charge in [0.2, 0.25) is 17.7 Å². The number of anilines is 1. The SMILES string of the molecule is CN1C(=O)C=C[C@@]2(C)C1CC[C@@H]1[C@H]2CC[C@]2(C)C(C(=O)Nc3ccccc3C(F)(F)F)CC[C@@H]12.Cc1ccc(OC2C[C@H]3[C@@H]4C(C)CC5NC(=O)C=C[C@]5(C)[C@@H]4CC[C@]3(C)C2)cc1. The maximum absolute atomic E-state index is 13.4. The lowest BCUT2D eigenvalue weighted by Crippen LogP contribution is -2.61. The number of ether oxygens (including phenoxy) is 1. The summed E-state index contributed by atoms with van der Waals surface area (Å²) >= 11 is 0. The number of benzene rings is 2. The Balaban J connectivity index is 0.000000162. The molecule has 340 valence electrons. The topological polar surface area (TPSA) is 87.7 Å². The predicted molar refractivity (Wildman–Crippen MR) is 239 cm³/mol. The molecule has 2 heterocycles. The van der Waals surface area contributed by atoms with E-state index in [2.05, 4.69) is 88.6 Å². The molecule has 8 aliphatic rings. The third kappa shape index (κ3) is 7.45. The number of fused-ring (bicyclic) bond motifs is 10. The first-order chi connectivity index (χ1) is 29.7. The predicted octanol–water partition coefficient (Wildman–Crippen LogP) is 11.2. The molecule has 7 nitrogen and oxygen atoms in total. The van der Waals surface area contributed by atoms with E-state index >= 15 is 0 Å². The standard InChI is InChI=1S/C27H33F3N2O2.C26H35NO2/c1-25-14-12-18-16(8-11-22-26(18,2)15-13-23(33)32(22)3)17(25)9-10-20(25)24(34)31-21-7-5-4-6-19(21)27(28,29)30;1-16-5-7-18(8-6-16)29-19-14-21-24-17(2)13-22-26(4,12-10-23(28)27-22)20(24)9-11-25(21,3)15-19/h4-7,13,15-18,20,22H,8-12,14H2,1-3H3,(H,31,34);5-8,10,12,17,19-22,24H,9,11,13-15H2,1-4H3,(H,27,28)/t16-,17-,18+,20?,22?,25-,26+;17?,19?,20-,21+,22?,24-,25-,26-/m01/s1. The molecule has 5 unspecified atom stereocenters. The average Bonchev–Trinajstić information content (AvgIpc) is 3.77. The first-order valence-electron chi connectivity index (χ1n) is 23.9. The second kappa shape index (κ2) is 15.8. The maximum atomic E-state index is 13.4. The zero-order chi connectivity index (χ0) is 44.9. The molecular weight excluding hydrogens is 800 g/mol. The largest absolute Gasteiger partial charge is 0.490 e. The summed E-state index contributed by atoms with van der Waals surface area (Å²) < 4.78 is 46.8. The molecule has 0 bridgehead atoms. The number of aryl methyl sites for hydroxylation is 1. The number of nitrogens with zero attached hydrogens (tertiary/aromatic N) is 1. The van der Waals surface area contributed by atoms with Crippen LogP contribution in [0.15, 0.2) is 72.8 Å². The van der Waals surface area contributed by atoms with Crippen molar-refractivity contribution < 1.29 is 32.3 Å². The number of carbonyl (C=O) groups excluding carboxylic acids is 3. The Bertz CT molecular complexity index is 2170. The highest BCUT2D eigenvalue weighted by Gasteiger charge is 2.63. The lowest BCUT2D eigenvalue weighted by Gasteiger charge is -2.60. The van der Waals surface area contributed by atoms with Gasteiger partial charge in [0, 0.05) is 35.9 Å². The number of hydrogen-bond acceptors (Lipinski definition) is 4. The van der Waals surface area contributed by atoms with Gasteiger partial charge in [-0.2, -0.15) is 13.2 Å². The van der Waals surface area contributed by atoms with Gasteiger partial charge in [0.15, 0.2) is 0 Å². The molecule has 15 atom stereocenters. The highest BCUT2D eigenvalue weighted by Crippen LogP contribution is 2.67. The smallest absolute Gasteiger partial charge is 0.418 e. The van der Waals surface area contributed by atoms with Crippen LogP contribution in [0.5, 0.6) is 5.75 Å². The van der Waals surface area contributed by atoms with Crippen LogP contribution in [0.1, 0.15) is 116 Å². The van der Waals surface area contributed by atoms with Crippen molar-refractivity contribution in [3.8, 4) is 5.75 Å². The monoisotopic (exact) mass is 868 g/mol. The molecule has 6 aliphatic carbocycles. The average molecular weight is 868 g/mol. The fraction of sp³-hybridized carbons (Fsp3) is 0.642. The summed E-state index contributed by atoms with van der Waals surface area (Å²) in [4.78, 5) is 39.5. The third-order valence-electron chi connectivity index (χ3n) is 19.0. The molecule has 0 radical (unpaired) electrons. The van der Waals surface area contributed by atoms with Crippen molar-refractivity contribution in [1.82, 2.24) is 10.2 Å². The van der Waals surface area contributed by atoms with Gasteiger partial charge in [-0.25, -0.2) is 0 Å². The van der Waals surface area contributed by atoms with E-state index in [9.17, 15) is 27.6 Å². The third-order valence-corrected chi connectivity index (χ3v) is 19.0. The molecule has 2 N–H and O–H groups in total. The first kappa shape index (κ1) is 44.1. The van der Waals surface area contributed by atoms with Crippen LogP contribution in [0.3, 0.4) is 0 Å². The van der Waals surface area contributed by atoms with Gasteiger partial charge in [-0.05, 0) is 166 Å². The molecule has 2 aliphatic heterocycles. The summed E-state index contributed by atoms with van der Waals surface area (Å²) in [6.07, 6.45) is 15.2. The molecule has 10 heteroatoms. The Hall–Kier alpha value is -4.08. The van der Waals surface area contributed by atoms with Crippen LogP contribution in [0, 0.1) is 75.9 Å². The van der Waals surface area contributed by atoms with Crippen LogP contribution in [-0.2, 0) is 20.6 Å². The Labute approximate surface area is 372 Å². The van der Waals surface area contributed by atoms with Crippen molar-refractivity contribution in [3.63, 3.8) is 0 Å². The summed E-state index contributed by atoms with van der Waals surface area (Å²) in [5, 5.41) is 5.93. The number of halogens is 3. The number of hydrogen-bond donors (Lipinski definition) is 2. The van der Waals surface area contributed by atoms with Crippen molar-refractivity contribution >= 4 is 23.4 Å². The van der Waals surface area contributed by atoms with Crippen molar-refractivity contribution in [2.75, 3.05) is 12.4 Å². The summed E-state index contributed by atoms with van der Waals surface area (Å²) in [6, 6.07) is 14.2. The zero-order valence-corrected chi connectivity index (χ0v) is 38.3. The number of rotatable bonds is 4. The highest BCUT2D eigenvalue weighted by atomic mass is 19.4. The minimum atomic E-state index is -4.51. The normalized spacial score (nSPS) is 42.3. The van der Waals surface area contributed by atoms with Crippen molar-refractivity contribution in [2.24, 2.45) is 69.0 Å². The first-order valence-corrected chi connectivity index (χ1v) is 23.9. The van der Waals surface area contributed by atoms with Gasteiger partial charge in [0.1, 0.15) is 5.75 Å². The summed E-state index contributed by atoms with van der Waals surface area (Å²) in [6.45, 7) is 13.9. The van der Waals surface area contributed by atoms with Crippen molar-refractivity contribution in [3.05, 3.63) is 84.0 Å². The molecule has 2 aromatic rings. The molecule has 0 aromatic heterocycles. The number of para-hydroxylation sites is 1.